The first-order chi connectivity index (χ1) is 6.76. The molecule has 1 rings (SSSR count). The molecule has 1 N–H and O–H groups in total. The maximum absolute atomic E-state index is 4.27. The van der Waals surface area contributed by atoms with E-state index in [4.69, 9.17) is 0 Å². The standard InChI is InChI=1S/C11H19N3/c1-4-5-14-9-11(8-13-14)6-10(2)7-12-3/h6,8-9,12H,4-5,7H2,1-3H3/b10-6-. The second-order valence-corrected chi connectivity index (χ2v) is 3.56. The Kier molecular flexibility index (Phi) is 4.40. The van der Waals surface area contributed by atoms with Gasteiger partial charge in [-0.25, -0.2) is 0 Å². The second-order valence-electron chi connectivity index (χ2n) is 3.56. The summed E-state index contributed by atoms with van der Waals surface area (Å²) >= 11 is 0. The number of rotatable bonds is 5. The van der Waals surface area contributed by atoms with Gasteiger partial charge in [-0.1, -0.05) is 18.6 Å². The number of aromatic nitrogens is 2. The fourth-order valence-corrected chi connectivity index (χ4v) is 1.42. The van der Waals surface area contributed by atoms with Crippen molar-refractivity contribution in [3.63, 3.8) is 0 Å². The van der Waals surface area contributed by atoms with Gasteiger partial charge in [0.15, 0.2) is 0 Å². The van der Waals surface area contributed by atoms with Gasteiger partial charge in [0, 0.05) is 24.8 Å². The molecule has 0 radical (unpaired) electrons. The van der Waals surface area contributed by atoms with Gasteiger partial charge < -0.3 is 5.32 Å². The first kappa shape index (κ1) is 11.0. The summed E-state index contributed by atoms with van der Waals surface area (Å²) in [5, 5.41) is 7.39. The highest BCUT2D eigenvalue weighted by Crippen LogP contribution is 2.05. The van der Waals surface area contributed by atoms with Crippen LogP contribution in [0.25, 0.3) is 6.08 Å². The fraction of sp³-hybridized carbons (Fsp3) is 0.545. The predicted molar refractivity (Wildman–Crippen MR) is 60.1 cm³/mol. The van der Waals surface area contributed by atoms with Gasteiger partial charge in [0.25, 0.3) is 0 Å². The van der Waals surface area contributed by atoms with Gasteiger partial charge in [-0.2, -0.15) is 5.10 Å². The average Bonchev–Trinajstić information content (AvgIpc) is 2.53. The molecule has 1 aromatic rings. The summed E-state index contributed by atoms with van der Waals surface area (Å²) in [6.45, 7) is 6.20. The summed E-state index contributed by atoms with van der Waals surface area (Å²) in [7, 11) is 1.96. The lowest BCUT2D eigenvalue weighted by Crippen LogP contribution is -2.08. The lowest BCUT2D eigenvalue weighted by Gasteiger charge is -1.97. The van der Waals surface area contributed by atoms with Crippen molar-refractivity contribution >= 4 is 6.08 Å². The number of hydrogen-bond acceptors (Lipinski definition) is 2. The van der Waals surface area contributed by atoms with Crippen molar-refractivity contribution < 1.29 is 0 Å². The normalized spacial score (nSPS) is 12.1. The van der Waals surface area contributed by atoms with Crippen LogP contribution in [-0.4, -0.2) is 23.4 Å². The van der Waals surface area contributed by atoms with Crippen molar-refractivity contribution in [2.75, 3.05) is 13.6 Å². The monoisotopic (exact) mass is 193 g/mol. The molecule has 0 saturated carbocycles. The molecule has 0 fully saturated rings. The van der Waals surface area contributed by atoms with Crippen molar-refractivity contribution in [1.29, 1.82) is 0 Å². The van der Waals surface area contributed by atoms with Gasteiger partial charge in [-0.3, -0.25) is 4.68 Å². The van der Waals surface area contributed by atoms with Gasteiger partial charge in [0.2, 0.25) is 0 Å². The van der Waals surface area contributed by atoms with E-state index >= 15 is 0 Å². The molecule has 0 saturated heterocycles. The van der Waals surface area contributed by atoms with Crippen LogP contribution < -0.4 is 5.32 Å². The fourth-order valence-electron chi connectivity index (χ4n) is 1.42. The van der Waals surface area contributed by atoms with E-state index in [9.17, 15) is 0 Å². The van der Waals surface area contributed by atoms with E-state index in [1.807, 2.05) is 17.9 Å². The number of likely N-dealkylation sites (N-methyl/N-ethyl adjacent to an activating group) is 1. The molecule has 0 amide bonds. The third-order valence-corrected chi connectivity index (χ3v) is 1.97. The van der Waals surface area contributed by atoms with Crippen LogP contribution in [0.15, 0.2) is 18.0 Å². The molecule has 0 aliphatic carbocycles. The molecular formula is C11H19N3. The van der Waals surface area contributed by atoms with Crippen LogP contribution >= 0.6 is 0 Å². The summed E-state index contributed by atoms with van der Waals surface area (Å²) in [5.74, 6) is 0. The zero-order valence-corrected chi connectivity index (χ0v) is 9.25. The van der Waals surface area contributed by atoms with Gasteiger partial charge in [0.1, 0.15) is 0 Å². The Morgan fingerprint density at radius 1 is 1.64 bits per heavy atom. The van der Waals surface area contributed by atoms with E-state index in [0.717, 1.165) is 19.5 Å². The minimum atomic E-state index is 0.930. The zero-order chi connectivity index (χ0) is 10.4. The molecule has 1 aromatic heterocycles. The molecule has 0 aromatic carbocycles. The number of aryl methyl sites for hydroxylation is 1. The Hall–Kier alpha value is -1.09. The maximum atomic E-state index is 4.27. The van der Waals surface area contributed by atoms with E-state index in [1.54, 1.807) is 0 Å². The smallest absolute Gasteiger partial charge is 0.0562 e. The van der Waals surface area contributed by atoms with Gasteiger partial charge in [-0.05, 0) is 20.4 Å². The molecule has 3 heteroatoms. The lowest BCUT2D eigenvalue weighted by molar-refractivity contribution is 0.602. The van der Waals surface area contributed by atoms with Gasteiger partial charge in [-0.15, -0.1) is 0 Å². The SMILES string of the molecule is CCCn1cc(/C=C(/C)CNC)cn1. The topological polar surface area (TPSA) is 29.9 Å². The molecule has 0 aliphatic rings. The third-order valence-electron chi connectivity index (χ3n) is 1.97. The van der Waals surface area contributed by atoms with Crippen LogP contribution in [0.3, 0.4) is 0 Å². The molecule has 0 atom stereocenters. The Morgan fingerprint density at radius 3 is 3.07 bits per heavy atom. The molecule has 0 spiro atoms. The highest BCUT2D eigenvalue weighted by Gasteiger charge is 1.95. The maximum Gasteiger partial charge on any atom is 0.0562 e. The molecule has 0 unspecified atom stereocenters. The van der Waals surface area contributed by atoms with Crippen LogP contribution in [0, 0.1) is 0 Å². The van der Waals surface area contributed by atoms with Crippen LogP contribution in [0.4, 0.5) is 0 Å². The van der Waals surface area contributed by atoms with E-state index in [2.05, 4.69) is 36.5 Å². The van der Waals surface area contributed by atoms with Crippen molar-refractivity contribution in [3.8, 4) is 0 Å². The van der Waals surface area contributed by atoms with Crippen molar-refractivity contribution in [3.05, 3.63) is 23.5 Å². The summed E-state index contributed by atoms with van der Waals surface area (Å²) in [4.78, 5) is 0. The minimum Gasteiger partial charge on any atom is -0.316 e. The van der Waals surface area contributed by atoms with Crippen LogP contribution in [-0.2, 0) is 6.54 Å². The van der Waals surface area contributed by atoms with Gasteiger partial charge in [0.05, 0.1) is 6.20 Å². The molecule has 3 nitrogen and oxygen atoms in total. The minimum absolute atomic E-state index is 0.930. The highest BCUT2D eigenvalue weighted by molar-refractivity contribution is 5.50. The summed E-state index contributed by atoms with van der Waals surface area (Å²) in [5.41, 5.74) is 2.51. The summed E-state index contributed by atoms with van der Waals surface area (Å²) in [6.07, 6.45) is 7.29. The van der Waals surface area contributed by atoms with E-state index in [-0.39, 0.29) is 0 Å². The molecule has 14 heavy (non-hydrogen) atoms. The Balaban J connectivity index is 2.62. The first-order valence-electron chi connectivity index (χ1n) is 5.10. The quantitative estimate of drug-likeness (QED) is 0.774. The van der Waals surface area contributed by atoms with Crippen molar-refractivity contribution in [2.24, 2.45) is 0 Å². The predicted octanol–water partition coefficient (Wildman–Crippen LogP) is 1.92. The van der Waals surface area contributed by atoms with Crippen molar-refractivity contribution in [2.45, 2.75) is 26.8 Å². The van der Waals surface area contributed by atoms with E-state index < -0.39 is 0 Å². The molecule has 1 heterocycles. The van der Waals surface area contributed by atoms with E-state index in [0.29, 0.717) is 0 Å². The van der Waals surface area contributed by atoms with Crippen LogP contribution in [0.2, 0.25) is 0 Å². The lowest BCUT2D eigenvalue weighted by atomic mass is 10.2. The molecular weight excluding hydrogens is 174 g/mol. The zero-order valence-electron chi connectivity index (χ0n) is 9.25. The molecule has 0 aliphatic heterocycles. The summed E-state index contributed by atoms with van der Waals surface area (Å²) in [6, 6.07) is 0. The second kappa shape index (κ2) is 5.60. The summed E-state index contributed by atoms with van der Waals surface area (Å²) < 4.78 is 1.98. The Morgan fingerprint density at radius 2 is 2.43 bits per heavy atom. The van der Waals surface area contributed by atoms with Crippen LogP contribution in [0.5, 0.6) is 0 Å². The molecule has 0 bridgehead atoms. The third kappa shape index (κ3) is 3.34. The number of hydrogen-bond donors (Lipinski definition) is 1. The Bertz CT molecular complexity index is 299. The largest absolute Gasteiger partial charge is 0.316 e. The highest BCUT2D eigenvalue weighted by atomic mass is 15.3. The Labute approximate surface area is 85.8 Å². The van der Waals surface area contributed by atoms with Gasteiger partial charge >= 0.3 is 0 Å². The van der Waals surface area contributed by atoms with Crippen LogP contribution in [0.1, 0.15) is 25.8 Å². The first-order valence-corrected chi connectivity index (χ1v) is 5.10. The number of nitrogens with one attached hydrogen (secondary N) is 1. The number of nitrogens with zero attached hydrogens (tertiary/aromatic N) is 2. The molecule has 78 valence electrons. The van der Waals surface area contributed by atoms with E-state index in [1.165, 1.54) is 11.1 Å². The average molecular weight is 193 g/mol. The van der Waals surface area contributed by atoms with Crippen molar-refractivity contribution in [1.82, 2.24) is 15.1 Å².